The van der Waals surface area contributed by atoms with Gasteiger partial charge in [-0.25, -0.2) is 0 Å². The van der Waals surface area contributed by atoms with Crippen LogP contribution in [0.15, 0.2) is 41.6 Å². The molecule has 0 bridgehead atoms. The smallest absolute Gasteiger partial charge is 0.270 e. The number of oxime groups is 1. The Bertz CT molecular complexity index is 789. The van der Waals surface area contributed by atoms with Crippen LogP contribution >= 0.6 is 0 Å². The quantitative estimate of drug-likeness (QED) is 0.624. The highest BCUT2D eigenvalue weighted by Gasteiger charge is 2.27. The molecule has 1 aliphatic heterocycles. The highest BCUT2D eigenvalue weighted by Crippen LogP contribution is 2.34. The molecule has 0 N–H and O–H groups in total. The van der Waals surface area contributed by atoms with Crippen LogP contribution in [-0.2, 0) is 4.84 Å². The van der Waals surface area contributed by atoms with Crippen LogP contribution in [0.2, 0.25) is 0 Å². The number of benzene rings is 2. The number of nitro benzene ring substituents is 1. The zero-order valence-corrected chi connectivity index (χ0v) is 13.4. The molecule has 2 aromatic carbocycles. The van der Waals surface area contributed by atoms with Gasteiger partial charge < -0.3 is 4.84 Å². The van der Waals surface area contributed by atoms with Gasteiger partial charge in [0.2, 0.25) is 0 Å². The number of hydrogen-bond acceptors (Lipinski definition) is 4. The first kappa shape index (κ1) is 15.2. The van der Waals surface area contributed by atoms with E-state index in [1.165, 1.54) is 22.8 Å². The molecule has 0 saturated carbocycles. The number of rotatable bonds is 3. The van der Waals surface area contributed by atoms with Crippen LogP contribution in [0.3, 0.4) is 0 Å². The summed E-state index contributed by atoms with van der Waals surface area (Å²) in [4.78, 5) is 16.1. The maximum absolute atomic E-state index is 10.9. The minimum atomic E-state index is -0.397. The third-order valence-corrected chi connectivity index (χ3v) is 4.12. The lowest BCUT2D eigenvalue weighted by atomic mass is 9.92. The van der Waals surface area contributed by atoms with Gasteiger partial charge in [0.15, 0.2) is 6.10 Å². The van der Waals surface area contributed by atoms with E-state index in [-0.39, 0.29) is 11.8 Å². The summed E-state index contributed by atoms with van der Waals surface area (Å²) in [5, 5.41) is 15.1. The van der Waals surface area contributed by atoms with E-state index in [2.05, 4.69) is 38.1 Å². The summed E-state index contributed by atoms with van der Waals surface area (Å²) < 4.78 is 0. The molecule has 0 aliphatic carbocycles. The molecule has 0 saturated heterocycles. The summed E-state index contributed by atoms with van der Waals surface area (Å²) in [5.41, 5.74) is 6.30. The Labute approximate surface area is 134 Å². The molecule has 1 unspecified atom stereocenters. The molecule has 1 heterocycles. The van der Waals surface area contributed by atoms with E-state index >= 15 is 0 Å². The molecule has 0 aromatic heterocycles. The first-order valence-electron chi connectivity index (χ1n) is 7.51. The maximum atomic E-state index is 10.9. The molecule has 23 heavy (non-hydrogen) atoms. The van der Waals surface area contributed by atoms with Gasteiger partial charge in [-0.1, -0.05) is 35.0 Å². The van der Waals surface area contributed by atoms with Crippen molar-refractivity contribution in [2.24, 2.45) is 5.16 Å². The fourth-order valence-electron chi connectivity index (χ4n) is 3.20. The molecule has 5 nitrogen and oxygen atoms in total. The normalized spacial score (nSPS) is 16.8. The molecular weight excluding hydrogens is 292 g/mol. The number of hydrogen-bond donors (Lipinski definition) is 0. The summed E-state index contributed by atoms with van der Waals surface area (Å²) in [7, 11) is 0. The van der Waals surface area contributed by atoms with Crippen LogP contribution in [-0.4, -0.2) is 10.6 Å². The van der Waals surface area contributed by atoms with E-state index in [0.29, 0.717) is 6.42 Å². The predicted molar refractivity (Wildman–Crippen MR) is 88.7 cm³/mol. The zero-order valence-electron chi connectivity index (χ0n) is 13.4. The van der Waals surface area contributed by atoms with Crippen LogP contribution in [0.25, 0.3) is 0 Å². The Kier molecular flexibility index (Phi) is 3.86. The monoisotopic (exact) mass is 310 g/mol. The van der Waals surface area contributed by atoms with Gasteiger partial charge in [-0.05, 0) is 31.9 Å². The average molecular weight is 310 g/mol. The molecule has 1 aliphatic rings. The summed E-state index contributed by atoms with van der Waals surface area (Å²) in [6, 6.07) is 10.8. The molecule has 0 fully saturated rings. The lowest BCUT2D eigenvalue weighted by Crippen LogP contribution is -2.06. The average Bonchev–Trinajstić information content (AvgIpc) is 2.96. The molecule has 118 valence electrons. The summed E-state index contributed by atoms with van der Waals surface area (Å²) in [6.45, 7) is 6.22. The number of aryl methyl sites for hydroxylation is 3. The lowest BCUT2D eigenvalue weighted by Gasteiger charge is -2.16. The second-order valence-corrected chi connectivity index (χ2v) is 5.96. The first-order valence-corrected chi connectivity index (χ1v) is 7.51. The second kappa shape index (κ2) is 5.83. The van der Waals surface area contributed by atoms with Crippen molar-refractivity contribution in [2.45, 2.75) is 33.3 Å². The van der Waals surface area contributed by atoms with Gasteiger partial charge in [0.1, 0.15) is 0 Å². The third-order valence-electron chi connectivity index (χ3n) is 4.12. The largest absolute Gasteiger partial charge is 0.387 e. The van der Waals surface area contributed by atoms with Gasteiger partial charge in [-0.3, -0.25) is 10.1 Å². The molecule has 3 rings (SSSR count). The van der Waals surface area contributed by atoms with Gasteiger partial charge in [-0.15, -0.1) is 0 Å². The molecule has 0 spiro atoms. The van der Waals surface area contributed by atoms with E-state index in [0.717, 1.165) is 16.8 Å². The Hall–Kier alpha value is -2.69. The Morgan fingerprint density at radius 2 is 1.87 bits per heavy atom. The fourth-order valence-corrected chi connectivity index (χ4v) is 3.20. The lowest BCUT2D eigenvalue weighted by molar-refractivity contribution is -0.384. The number of non-ortho nitro benzene ring substituents is 1. The van der Waals surface area contributed by atoms with Gasteiger partial charge >= 0.3 is 0 Å². The van der Waals surface area contributed by atoms with E-state index in [1.54, 1.807) is 12.1 Å². The van der Waals surface area contributed by atoms with Crippen LogP contribution in [0.5, 0.6) is 0 Å². The molecule has 2 aromatic rings. The number of nitro groups is 1. The van der Waals surface area contributed by atoms with Gasteiger partial charge in [-0.2, -0.15) is 0 Å². The highest BCUT2D eigenvalue weighted by atomic mass is 16.6. The van der Waals surface area contributed by atoms with E-state index in [1.807, 2.05) is 6.07 Å². The topological polar surface area (TPSA) is 64.7 Å². The van der Waals surface area contributed by atoms with Crippen molar-refractivity contribution < 1.29 is 9.76 Å². The Balaban J connectivity index is 1.86. The summed E-state index contributed by atoms with van der Waals surface area (Å²) >= 11 is 0. The van der Waals surface area contributed by atoms with Crippen LogP contribution in [0.4, 0.5) is 5.69 Å². The summed E-state index contributed by atoms with van der Waals surface area (Å²) in [5.74, 6) is 0. The first-order chi connectivity index (χ1) is 11.0. The van der Waals surface area contributed by atoms with E-state index < -0.39 is 4.92 Å². The van der Waals surface area contributed by atoms with E-state index in [9.17, 15) is 10.1 Å². The summed E-state index contributed by atoms with van der Waals surface area (Å²) in [6.07, 6.45) is 0.483. The van der Waals surface area contributed by atoms with Crippen LogP contribution in [0, 0.1) is 30.9 Å². The maximum Gasteiger partial charge on any atom is 0.270 e. The standard InChI is InChI=1S/C18H18N2O3/c1-11-7-12(2)18(13(3)8-11)17-10-16(19-23-17)14-5-4-6-15(9-14)20(21)22/h4-9,17H,10H2,1-3H3. The van der Waals surface area contributed by atoms with E-state index in [4.69, 9.17) is 4.84 Å². The fraction of sp³-hybridized carbons (Fsp3) is 0.278. The van der Waals surface area contributed by atoms with Crippen molar-refractivity contribution in [3.63, 3.8) is 0 Å². The predicted octanol–water partition coefficient (Wildman–Crippen LogP) is 4.39. The van der Waals surface area contributed by atoms with Crippen LogP contribution < -0.4 is 0 Å². The molecular formula is C18H18N2O3. The minimum Gasteiger partial charge on any atom is -0.387 e. The van der Waals surface area contributed by atoms with Gasteiger partial charge in [0.25, 0.3) is 5.69 Å². The van der Waals surface area contributed by atoms with Gasteiger partial charge in [0, 0.05) is 29.7 Å². The Morgan fingerprint density at radius 1 is 1.17 bits per heavy atom. The van der Waals surface area contributed by atoms with Crippen LogP contribution in [0.1, 0.15) is 40.3 Å². The van der Waals surface area contributed by atoms with Crippen molar-refractivity contribution in [2.75, 3.05) is 0 Å². The molecule has 1 atom stereocenters. The van der Waals surface area contributed by atoms with Crippen molar-refractivity contribution in [1.29, 1.82) is 0 Å². The molecule has 0 amide bonds. The minimum absolute atomic E-state index is 0.0661. The third kappa shape index (κ3) is 2.95. The van der Waals surface area contributed by atoms with Crippen molar-refractivity contribution in [3.8, 4) is 0 Å². The van der Waals surface area contributed by atoms with Crippen molar-refractivity contribution >= 4 is 11.4 Å². The van der Waals surface area contributed by atoms with Gasteiger partial charge in [0.05, 0.1) is 10.6 Å². The SMILES string of the molecule is Cc1cc(C)c(C2CC(c3cccc([N+](=O)[O-])c3)=NO2)c(C)c1. The number of nitrogens with zero attached hydrogens (tertiary/aromatic N) is 2. The highest BCUT2D eigenvalue weighted by molar-refractivity contribution is 6.01. The molecule has 0 radical (unpaired) electrons. The van der Waals surface area contributed by atoms with Crippen molar-refractivity contribution in [1.82, 2.24) is 0 Å². The van der Waals surface area contributed by atoms with Crippen molar-refractivity contribution in [3.05, 3.63) is 74.3 Å². The zero-order chi connectivity index (χ0) is 16.6. The molecule has 5 heteroatoms. The Morgan fingerprint density at radius 3 is 2.52 bits per heavy atom. The second-order valence-electron chi connectivity index (χ2n) is 5.96.